The average Bonchev–Trinajstić information content (AvgIpc) is 1.67. The molecule has 0 aliphatic carbocycles. The van der Waals surface area contributed by atoms with E-state index in [0.29, 0.717) is 0 Å². The minimum atomic E-state index is -1.79. The van der Waals surface area contributed by atoms with Gasteiger partial charge in [0.2, 0.25) is 0 Å². The lowest BCUT2D eigenvalue weighted by atomic mass is 10.2. The Morgan fingerprint density at radius 3 is 2.12 bits per heavy atom. The third-order valence-corrected chi connectivity index (χ3v) is 2.01. The molecule has 0 heterocycles. The van der Waals surface area contributed by atoms with Crippen molar-refractivity contribution < 1.29 is 8.76 Å². The topological polar surface area (TPSA) is 37.3 Å². The lowest BCUT2D eigenvalue weighted by molar-refractivity contribution is 0.540. The van der Waals surface area contributed by atoms with E-state index in [9.17, 15) is 4.21 Å². The molecule has 0 saturated heterocycles. The summed E-state index contributed by atoms with van der Waals surface area (Å²) in [4.78, 5) is 0. The molecule has 0 aromatic heterocycles. The normalized spacial score (nSPS) is 15.4. The van der Waals surface area contributed by atoms with Crippen LogP contribution in [0.1, 0.15) is 13.8 Å². The molecule has 1 unspecified atom stereocenters. The monoisotopic (exact) mass is 134 g/mol. The molecule has 0 aromatic rings. The van der Waals surface area contributed by atoms with Crippen molar-refractivity contribution in [3.05, 3.63) is 12.7 Å². The van der Waals surface area contributed by atoms with Crippen LogP contribution in [0.25, 0.3) is 0 Å². The van der Waals surface area contributed by atoms with Gasteiger partial charge in [-0.05, 0) is 13.8 Å². The highest BCUT2D eigenvalue weighted by Gasteiger charge is 2.19. The molecular weight excluding hydrogens is 124 g/mol. The van der Waals surface area contributed by atoms with Crippen LogP contribution in [0.2, 0.25) is 0 Å². The van der Waals surface area contributed by atoms with Crippen LogP contribution in [0.15, 0.2) is 12.7 Å². The van der Waals surface area contributed by atoms with Crippen molar-refractivity contribution >= 4 is 11.1 Å². The summed E-state index contributed by atoms with van der Waals surface area (Å²) in [6, 6.07) is 0. The van der Waals surface area contributed by atoms with Gasteiger partial charge in [-0.1, -0.05) is 6.08 Å². The molecule has 0 spiro atoms. The number of hydrogen-bond acceptors (Lipinski definition) is 1. The zero-order valence-electron chi connectivity index (χ0n) is 5.05. The minimum Gasteiger partial charge on any atom is -0.305 e. The van der Waals surface area contributed by atoms with Crippen molar-refractivity contribution in [3.63, 3.8) is 0 Å². The number of hydrogen-bond donors (Lipinski definition) is 1. The van der Waals surface area contributed by atoms with Gasteiger partial charge < -0.3 is 4.55 Å². The van der Waals surface area contributed by atoms with Gasteiger partial charge in [0.25, 0.3) is 0 Å². The minimum absolute atomic E-state index is 0.667. The third-order valence-electron chi connectivity index (χ3n) is 0.942. The van der Waals surface area contributed by atoms with E-state index in [2.05, 4.69) is 6.58 Å². The predicted molar refractivity (Wildman–Crippen MR) is 35.0 cm³/mol. The van der Waals surface area contributed by atoms with Gasteiger partial charge >= 0.3 is 0 Å². The van der Waals surface area contributed by atoms with E-state index in [-0.39, 0.29) is 0 Å². The van der Waals surface area contributed by atoms with Gasteiger partial charge in [0, 0.05) is 0 Å². The molecule has 1 N–H and O–H groups in total. The van der Waals surface area contributed by atoms with E-state index < -0.39 is 15.8 Å². The Morgan fingerprint density at radius 1 is 1.75 bits per heavy atom. The van der Waals surface area contributed by atoms with Crippen LogP contribution in [-0.2, 0) is 11.1 Å². The fourth-order valence-corrected chi connectivity index (χ4v) is 0.214. The molecular formula is C5H10O2S. The van der Waals surface area contributed by atoms with Crippen molar-refractivity contribution in [3.8, 4) is 0 Å². The quantitative estimate of drug-likeness (QED) is 0.454. The van der Waals surface area contributed by atoms with Gasteiger partial charge in [0.05, 0.1) is 4.75 Å². The summed E-state index contributed by atoms with van der Waals surface area (Å²) in [5.41, 5.74) is 0. The highest BCUT2D eigenvalue weighted by Crippen LogP contribution is 2.10. The summed E-state index contributed by atoms with van der Waals surface area (Å²) in [6.45, 7) is 6.70. The molecule has 0 amide bonds. The van der Waals surface area contributed by atoms with Gasteiger partial charge in [-0.15, -0.1) is 6.58 Å². The first kappa shape index (κ1) is 7.85. The van der Waals surface area contributed by atoms with Crippen molar-refractivity contribution in [1.29, 1.82) is 0 Å². The summed E-state index contributed by atoms with van der Waals surface area (Å²) >= 11 is -1.79. The second-order valence-electron chi connectivity index (χ2n) is 2.06. The van der Waals surface area contributed by atoms with Crippen molar-refractivity contribution in [2.45, 2.75) is 18.6 Å². The molecule has 0 aliphatic rings. The summed E-state index contributed by atoms with van der Waals surface area (Å²) in [5, 5.41) is 0. The average molecular weight is 134 g/mol. The van der Waals surface area contributed by atoms with E-state index in [1.807, 2.05) is 0 Å². The van der Waals surface area contributed by atoms with Gasteiger partial charge in [-0.3, -0.25) is 0 Å². The standard InChI is InChI=1S/C5H10O2S/c1-4-5(2,3)8(6)7/h4H,1H2,2-3H3,(H,6,7). The molecule has 2 nitrogen and oxygen atoms in total. The van der Waals surface area contributed by atoms with E-state index in [1.165, 1.54) is 6.08 Å². The molecule has 0 bridgehead atoms. The van der Waals surface area contributed by atoms with Crippen LogP contribution in [0, 0.1) is 0 Å². The zero-order chi connectivity index (χ0) is 6.78. The molecule has 0 aromatic carbocycles. The Labute approximate surface area is 51.9 Å². The molecule has 0 aliphatic heterocycles. The molecule has 1 atom stereocenters. The second-order valence-corrected chi connectivity index (χ2v) is 3.61. The molecule has 0 rings (SSSR count). The smallest absolute Gasteiger partial charge is 0.162 e. The van der Waals surface area contributed by atoms with Crippen LogP contribution in [0.5, 0.6) is 0 Å². The second kappa shape index (κ2) is 2.42. The maximum atomic E-state index is 10.3. The number of rotatable bonds is 2. The van der Waals surface area contributed by atoms with Gasteiger partial charge in [-0.2, -0.15) is 0 Å². The molecule has 0 radical (unpaired) electrons. The highest BCUT2D eigenvalue weighted by molar-refractivity contribution is 7.80. The van der Waals surface area contributed by atoms with Crippen LogP contribution in [-0.4, -0.2) is 13.5 Å². The van der Waals surface area contributed by atoms with E-state index in [1.54, 1.807) is 13.8 Å². The first-order valence-electron chi connectivity index (χ1n) is 2.25. The zero-order valence-corrected chi connectivity index (χ0v) is 5.86. The fourth-order valence-electron chi connectivity index (χ4n) is 0.0713. The van der Waals surface area contributed by atoms with Crippen molar-refractivity contribution in [2.75, 3.05) is 0 Å². The van der Waals surface area contributed by atoms with Gasteiger partial charge in [-0.25, -0.2) is 4.21 Å². The first-order chi connectivity index (χ1) is 3.50. The Bertz CT molecular complexity index is 118. The molecule has 8 heavy (non-hydrogen) atoms. The van der Waals surface area contributed by atoms with Crippen LogP contribution >= 0.6 is 0 Å². The van der Waals surface area contributed by atoms with Crippen LogP contribution < -0.4 is 0 Å². The Kier molecular flexibility index (Phi) is 2.37. The Morgan fingerprint density at radius 2 is 2.12 bits per heavy atom. The van der Waals surface area contributed by atoms with E-state index >= 15 is 0 Å². The molecule has 0 saturated carbocycles. The maximum Gasteiger partial charge on any atom is 0.162 e. The summed E-state index contributed by atoms with van der Waals surface area (Å²) < 4.78 is 18.1. The van der Waals surface area contributed by atoms with Crippen molar-refractivity contribution in [1.82, 2.24) is 0 Å². The van der Waals surface area contributed by atoms with Crippen molar-refractivity contribution in [2.24, 2.45) is 0 Å². The maximum absolute atomic E-state index is 10.3. The van der Waals surface area contributed by atoms with E-state index in [4.69, 9.17) is 4.55 Å². The van der Waals surface area contributed by atoms with Crippen LogP contribution in [0.4, 0.5) is 0 Å². The molecule has 3 heteroatoms. The molecule has 0 fully saturated rings. The largest absolute Gasteiger partial charge is 0.305 e. The predicted octanol–water partition coefficient (Wildman–Crippen LogP) is 1.17. The summed E-state index contributed by atoms with van der Waals surface area (Å²) in [5.74, 6) is 0. The highest BCUT2D eigenvalue weighted by atomic mass is 32.2. The fraction of sp³-hybridized carbons (Fsp3) is 0.600. The SMILES string of the molecule is C=CC(C)(C)S(=O)O. The Balaban J connectivity index is 4.12. The van der Waals surface area contributed by atoms with E-state index in [0.717, 1.165) is 0 Å². The van der Waals surface area contributed by atoms with Crippen LogP contribution in [0.3, 0.4) is 0 Å². The van der Waals surface area contributed by atoms with Gasteiger partial charge in [0.1, 0.15) is 0 Å². The summed E-state index contributed by atoms with van der Waals surface area (Å²) in [7, 11) is 0. The lowest BCUT2D eigenvalue weighted by Crippen LogP contribution is -2.21. The summed E-state index contributed by atoms with van der Waals surface area (Å²) in [6.07, 6.45) is 1.46. The Hall–Kier alpha value is -0.150. The molecule has 48 valence electrons. The van der Waals surface area contributed by atoms with Gasteiger partial charge in [0.15, 0.2) is 11.1 Å². The first-order valence-corrected chi connectivity index (χ1v) is 3.36. The lowest BCUT2D eigenvalue weighted by Gasteiger charge is -2.12. The third kappa shape index (κ3) is 1.76.